The number of halogens is 1. The highest BCUT2D eigenvalue weighted by Crippen LogP contribution is 2.33. The summed E-state index contributed by atoms with van der Waals surface area (Å²) in [6.45, 7) is 7.27. The van der Waals surface area contributed by atoms with Gasteiger partial charge in [0.1, 0.15) is 11.5 Å². The molecule has 1 aromatic heterocycles. The molecule has 32 heavy (non-hydrogen) atoms. The molecule has 0 bridgehead atoms. The van der Waals surface area contributed by atoms with Crippen LogP contribution in [0.4, 0.5) is 10.1 Å². The van der Waals surface area contributed by atoms with Crippen molar-refractivity contribution in [1.29, 1.82) is 0 Å². The molecule has 0 radical (unpaired) electrons. The summed E-state index contributed by atoms with van der Waals surface area (Å²) in [4.78, 5) is 36.5. The number of nitrogens with zero attached hydrogens (tertiary/aromatic N) is 3. The van der Waals surface area contributed by atoms with E-state index in [1.807, 2.05) is 20.8 Å². The molecular formula is C23H23FN4O4. The molecule has 0 aliphatic heterocycles. The first kappa shape index (κ1) is 22.8. The maximum atomic E-state index is 13.4. The second kappa shape index (κ2) is 8.70. The Labute approximate surface area is 183 Å². The minimum Gasteiger partial charge on any atom is -0.343 e. The number of aryl methyl sites for hydroxylation is 1. The molecule has 0 aliphatic carbocycles. The van der Waals surface area contributed by atoms with Gasteiger partial charge in [0, 0.05) is 17.8 Å². The van der Waals surface area contributed by atoms with Gasteiger partial charge < -0.3 is 5.32 Å². The molecule has 166 valence electrons. The van der Waals surface area contributed by atoms with E-state index in [4.69, 9.17) is 0 Å². The van der Waals surface area contributed by atoms with Crippen LogP contribution in [0.15, 0.2) is 59.4 Å². The average Bonchev–Trinajstić information content (AvgIpc) is 2.72. The van der Waals surface area contributed by atoms with Gasteiger partial charge >= 0.3 is 0 Å². The van der Waals surface area contributed by atoms with Gasteiger partial charge in [-0.05, 0) is 36.1 Å². The maximum absolute atomic E-state index is 13.4. The molecule has 1 N–H and O–H groups in total. The Morgan fingerprint density at radius 2 is 1.78 bits per heavy atom. The number of carbonyl (C=O) groups is 1. The second-order valence-electron chi connectivity index (χ2n) is 8.48. The molecule has 0 saturated heterocycles. The number of nitro groups is 1. The van der Waals surface area contributed by atoms with Gasteiger partial charge in [0.15, 0.2) is 5.69 Å². The lowest BCUT2D eigenvalue weighted by Gasteiger charge is -2.32. The van der Waals surface area contributed by atoms with Gasteiger partial charge in [0.05, 0.1) is 11.0 Å². The fourth-order valence-corrected chi connectivity index (χ4v) is 3.40. The molecule has 1 unspecified atom stereocenters. The Bertz CT molecular complexity index is 1230. The Morgan fingerprint density at radius 1 is 1.16 bits per heavy atom. The highest BCUT2D eigenvalue weighted by Gasteiger charge is 2.30. The van der Waals surface area contributed by atoms with Crippen molar-refractivity contribution in [2.24, 2.45) is 5.41 Å². The predicted molar refractivity (Wildman–Crippen MR) is 117 cm³/mol. The van der Waals surface area contributed by atoms with Crippen LogP contribution in [0.3, 0.4) is 0 Å². The number of nitrogens with one attached hydrogen (secondary N) is 1. The monoisotopic (exact) mass is 438 g/mol. The van der Waals surface area contributed by atoms with Gasteiger partial charge in [-0.15, -0.1) is 0 Å². The third-order valence-electron chi connectivity index (χ3n) is 4.97. The first-order valence-corrected chi connectivity index (χ1v) is 9.90. The first-order chi connectivity index (χ1) is 15.0. The minimum absolute atomic E-state index is 0.134. The normalized spacial score (nSPS) is 12.3. The van der Waals surface area contributed by atoms with Crippen molar-refractivity contribution in [2.45, 2.75) is 33.7 Å². The zero-order chi connectivity index (χ0) is 23.6. The van der Waals surface area contributed by atoms with E-state index in [9.17, 15) is 24.1 Å². The van der Waals surface area contributed by atoms with E-state index in [1.54, 1.807) is 25.1 Å². The van der Waals surface area contributed by atoms with E-state index in [2.05, 4.69) is 10.4 Å². The molecule has 0 fully saturated rings. The lowest BCUT2D eigenvalue weighted by atomic mass is 9.82. The van der Waals surface area contributed by atoms with E-state index >= 15 is 0 Å². The largest absolute Gasteiger partial charge is 0.343 e. The molecule has 1 heterocycles. The van der Waals surface area contributed by atoms with E-state index < -0.39 is 39.2 Å². The number of aromatic nitrogens is 2. The van der Waals surface area contributed by atoms with Crippen LogP contribution >= 0.6 is 0 Å². The molecule has 0 spiro atoms. The van der Waals surface area contributed by atoms with Crippen LogP contribution in [-0.4, -0.2) is 20.6 Å². The number of benzene rings is 2. The number of amides is 1. The lowest BCUT2D eigenvalue weighted by Crippen LogP contribution is -2.39. The summed E-state index contributed by atoms with van der Waals surface area (Å²) in [5.74, 6) is -1.13. The average molecular weight is 438 g/mol. The van der Waals surface area contributed by atoms with Gasteiger partial charge in [0.2, 0.25) is 5.43 Å². The number of hydrogen-bond donors (Lipinski definition) is 1. The number of hydrogen-bond acceptors (Lipinski definition) is 5. The Balaban J connectivity index is 2.05. The van der Waals surface area contributed by atoms with E-state index in [0.29, 0.717) is 11.3 Å². The predicted octanol–water partition coefficient (Wildman–Crippen LogP) is 4.11. The van der Waals surface area contributed by atoms with Gasteiger partial charge in [-0.25, -0.2) is 9.07 Å². The van der Waals surface area contributed by atoms with Crippen LogP contribution < -0.4 is 10.7 Å². The first-order valence-electron chi connectivity index (χ1n) is 9.90. The summed E-state index contributed by atoms with van der Waals surface area (Å²) < 4.78 is 14.6. The zero-order valence-electron chi connectivity index (χ0n) is 18.1. The van der Waals surface area contributed by atoms with Crippen LogP contribution in [0.1, 0.15) is 48.6 Å². The van der Waals surface area contributed by atoms with Gasteiger partial charge in [0.25, 0.3) is 11.6 Å². The lowest BCUT2D eigenvalue weighted by molar-refractivity contribution is -0.384. The Morgan fingerprint density at radius 3 is 2.38 bits per heavy atom. The third-order valence-corrected chi connectivity index (χ3v) is 4.97. The Hall–Kier alpha value is -3.88. The molecule has 1 atom stereocenters. The Kier molecular flexibility index (Phi) is 6.20. The van der Waals surface area contributed by atoms with E-state index in [-0.39, 0.29) is 11.4 Å². The smallest absolute Gasteiger partial charge is 0.294 e. The van der Waals surface area contributed by atoms with Crippen molar-refractivity contribution in [1.82, 2.24) is 15.1 Å². The maximum Gasteiger partial charge on any atom is 0.294 e. The van der Waals surface area contributed by atoms with Crippen molar-refractivity contribution < 1.29 is 14.1 Å². The van der Waals surface area contributed by atoms with Crippen molar-refractivity contribution >= 4 is 11.6 Å². The van der Waals surface area contributed by atoms with Gasteiger partial charge in [-0.2, -0.15) is 5.10 Å². The SMILES string of the molecule is Cc1cc(=O)c(C(=O)NC(c2ccc(F)cc2)C(C)(C)C)nn1-c1ccccc1[N+](=O)[O-]. The van der Waals surface area contributed by atoms with Crippen LogP contribution in [-0.2, 0) is 0 Å². The minimum atomic E-state index is -0.730. The molecular weight excluding hydrogens is 415 g/mol. The molecule has 3 rings (SSSR count). The van der Waals surface area contributed by atoms with Crippen molar-refractivity contribution in [3.63, 3.8) is 0 Å². The van der Waals surface area contributed by atoms with E-state index in [1.165, 1.54) is 41.1 Å². The molecule has 9 heteroatoms. The second-order valence-corrected chi connectivity index (χ2v) is 8.48. The molecule has 8 nitrogen and oxygen atoms in total. The highest BCUT2D eigenvalue weighted by molar-refractivity contribution is 5.92. The summed E-state index contributed by atoms with van der Waals surface area (Å²) >= 11 is 0. The van der Waals surface area contributed by atoms with Crippen LogP contribution in [0.2, 0.25) is 0 Å². The number of para-hydroxylation sites is 2. The summed E-state index contributed by atoms with van der Waals surface area (Å²) in [6, 6.07) is 12.3. The molecule has 0 saturated carbocycles. The highest BCUT2D eigenvalue weighted by atomic mass is 19.1. The molecule has 0 aliphatic rings. The summed E-state index contributed by atoms with van der Waals surface area (Å²) in [5, 5.41) is 18.4. The van der Waals surface area contributed by atoms with Crippen LogP contribution in [0, 0.1) is 28.3 Å². The van der Waals surface area contributed by atoms with Crippen LogP contribution in [0.25, 0.3) is 5.69 Å². The zero-order valence-corrected chi connectivity index (χ0v) is 18.1. The number of nitro benzene ring substituents is 1. The topological polar surface area (TPSA) is 107 Å². The summed E-state index contributed by atoms with van der Waals surface area (Å²) in [7, 11) is 0. The molecule has 3 aromatic rings. The molecule has 1 amide bonds. The van der Waals surface area contributed by atoms with Gasteiger partial charge in [-0.1, -0.05) is 45.0 Å². The van der Waals surface area contributed by atoms with Gasteiger partial charge in [-0.3, -0.25) is 19.7 Å². The third kappa shape index (κ3) is 4.72. The molecule has 2 aromatic carbocycles. The van der Waals surface area contributed by atoms with Crippen LogP contribution in [0.5, 0.6) is 0 Å². The fraction of sp³-hybridized carbons (Fsp3) is 0.261. The summed E-state index contributed by atoms with van der Waals surface area (Å²) in [6.07, 6.45) is 0. The summed E-state index contributed by atoms with van der Waals surface area (Å²) in [5.41, 5.74) is -0.543. The quantitative estimate of drug-likeness (QED) is 0.477. The van der Waals surface area contributed by atoms with Crippen molar-refractivity contribution in [3.8, 4) is 5.69 Å². The number of rotatable bonds is 5. The number of carbonyl (C=O) groups excluding carboxylic acids is 1. The fourth-order valence-electron chi connectivity index (χ4n) is 3.40. The standard InChI is InChI=1S/C23H23FN4O4/c1-14-13-19(29)20(26-27(14)17-7-5-6-8-18(17)28(31)32)22(30)25-21(23(2,3)4)15-9-11-16(24)12-10-15/h5-13,21H,1-4H3,(H,25,30). The van der Waals surface area contributed by atoms with Crippen molar-refractivity contribution in [3.05, 3.63) is 97.7 Å². The van der Waals surface area contributed by atoms with Crippen molar-refractivity contribution in [2.75, 3.05) is 0 Å². The van der Waals surface area contributed by atoms with E-state index in [0.717, 1.165) is 0 Å².